The predicted octanol–water partition coefficient (Wildman–Crippen LogP) is 3.47. The summed E-state index contributed by atoms with van der Waals surface area (Å²) in [5.41, 5.74) is 5.70. The van der Waals surface area contributed by atoms with Gasteiger partial charge in [-0.05, 0) is 49.4 Å². The molecule has 2 aromatic rings. The molecule has 1 heterocycles. The largest absolute Gasteiger partial charge is 0.452 e. The summed E-state index contributed by atoms with van der Waals surface area (Å²) >= 11 is 5.88. The van der Waals surface area contributed by atoms with Gasteiger partial charge in [-0.3, -0.25) is 0 Å². The van der Waals surface area contributed by atoms with E-state index in [-0.39, 0.29) is 12.1 Å². The van der Waals surface area contributed by atoms with E-state index >= 15 is 0 Å². The number of nitrogens with two attached hydrogens (primary N) is 1. The first-order valence-electron chi connectivity index (χ1n) is 8.08. The van der Waals surface area contributed by atoms with E-state index in [9.17, 15) is 5.11 Å². The quantitative estimate of drug-likeness (QED) is 0.766. The van der Waals surface area contributed by atoms with Gasteiger partial charge in [0, 0.05) is 11.6 Å². The SMILES string of the molecule is Nc1ncc(Oc2ccc(Cl)cc2)c(NC[C@@H]2CCC[C@H](O)C2)n1. The number of ether oxygens (including phenoxy) is 1. The summed E-state index contributed by atoms with van der Waals surface area (Å²) in [5, 5.41) is 13.7. The van der Waals surface area contributed by atoms with Crippen LogP contribution in [0.4, 0.5) is 11.8 Å². The zero-order valence-corrected chi connectivity index (χ0v) is 14.0. The lowest BCUT2D eigenvalue weighted by atomic mass is 9.87. The van der Waals surface area contributed by atoms with E-state index in [4.69, 9.17) is 22.1 Å². The van der Waals surface area contributed by atoms with Crippen molar-refractivity contribution < 1.29 is 9.84 Å². The van der Waals surface area contributed by atoms with Crippen molar-refractivity contribution in [3.05, 3.63) is 35.5 Å². The average molecular weight is 349 g/mol. The van der Waals surface area contributed by atoms with E-state index < -0.39 is 0 Å². The third-order valence-electron chi connectivity index (χ3n) is 4.13. The molecule has 0 amide bonds. The van der Waals surface area contributed by atoms with Crippen LogP contribution in [0.3, 0.4) is 0 Å². The number of rotatable bonds is 5. The molecule has 0 saturated heterocycles. The van der Waals surface area contributed by atoms with Gasteiger partial charge in [0.25, 0.3) is 0 Å². The highest BCUT2D eigenvalue weighted by atomic mass is 35.5. The number of benzene rings is 1. The van der Waals surface area contributed by atoms with Crippen molar-refractivity contribution in [1.82, 2.24) is 9.97 Å². The van der Waals surface area contributed by atoms with Gasteiger partial charge >= 0.3 is 0 Å². The summed E-state index contributed by atoms with van der Waals surface area (Å²) in [6.45, 7) is 0.713. The lowest BCUT2D eigenvalue weighted by Gasteiger charge is -2.26. The molecule has 7 heteroatoms. The maximum absolute atomic E-state index is 9.78. The van der Waals surface area contributed by atoms with Gasteiger partial charge in [-0.25, -0.2) is 4.98 Å². The molecule has 0 radical (unpaired) electrons. The second-order valence-corrected chi connectivity index (χ2v) is 6.50. The maximum Gasteiger partial charge on any atom is 0.222 e. The highest BCUT2D eigenvalue weighted by Crippen LogP contribution is 2.30. The van der Waals surface area contributed by atoms with Crippen LogP contribution in [0.2, 0.25) is 5.02 Å². The Hall–Kier alpha value is -2.05. The third kappa shape index (κ3) is 4.49. The third-order valence-corrected chi connectivity index (χ3v) is 4.38. The van der Waals surface area contributed by atoms with E-state index in [1.54, 1.807) is 30.5 Å². The Bertz CT molecular complexity index is 681. The molecule has 0 aliphatic heterocycles. The number of nitrogens with zero attached hydrogens (tertiary/aromatic N) is 2. The Morgan fingerprint density at radius 1 is 1.29 bits per heavy atom. The fourth-order valence-electron chi connectivity index (χ4n) is 2.90. The van der Waals surface area contributed by atoms with Gasteiger partial charge in [-0.1, -0.05) is 18.0 Å². The molecule has 1 aromatic carbocycles. The average Bonchev–Trinajstić information content (AvgIpc) is 2.57. The number of halogens is 1. The normalized spacial score (nSPS) is 20.6. The minimum atomic E-state index is -0.203. The van der Waals surface area contributed by atoms with Crippen LogP contribution in [0.15, 0.2) is 30.5 Å². The summed E-state index contributed by atoms with van der Waals surface area (Å²) in [6, 6.07) is 7.07. The van der Waals surface area contributed by atoms with Crippen molar-refractivity contribution >= 4 is 23.4 Å². The van der Waals surface area contributed by atoms with E-state index in [1.165, 1.54) is 0 Å². The Labute approximate surface area is 146 Å². The number of aliphatic hydroxyl groups is 1. The van der Waals surface area contributed by atoms with E-state index in [2.05, 4.69) is 15.3 Å². The van der Waals surface area contributed by atoms with Crippen LogP contribution in [0.25, 0.3) is 0 Å². The van der Waals surface area contributed by atoms with Gasteiger partial charge in [0.2, 0.25) is 5.95 Å². The molecule has 1 aliphatic rings. The van der Waals surface area contributed by atoms with Crippen molar-refractivity contribution in [2.75, 3.05) is 17.6 Å². The molecular weight excluding hydrogens is 328 g/mol. The number of anilines is 2. The molecule has 0 spiro atoms. The minimum absolute atomic E-state index is 0.185. The number of aromatic nitrogens is 2. The molecule has 1 aromatic heterocycles. The second kappa shape index (κ2) is 7.68. The van der Waals surface area contributed by atoms with Crippen LogP contribution in [0.5, 0.6) is 11.5 Å². The summed E-state index contributed by atoms with van der Waals surface area (Å²) in [7, 11) is 0. The van der Waals surface area contributed by atoms with Gasteiger partial charge < -0.3 is 20.9 Å². The Morgan fingerprint density at radius 3 is 2.83 bits per heavy atom. The molecule has 6 nitrogen and oxygen atoms in total. The predicted molar refractivity (Wildman–Crippen MR) is 94.4 cm³/mol. The molecule has 3 rings (SSSR count). The van der Waals surface area contributed by atoms with Gasteiger partial charge in [0.15, 0.2) is 11.6 Å². The number of nitrogen functional groups attached to an aromatic ring is 1. The van der Waals surface area contributed by atoms with Crippen LogP contribution in [0.1, 0.15) is 25.7 Å². The van der Waals surface area contributed by atoms with Gasteiger partial charge in [-0.2, -0.15) is 4.98 Å². The number of nitrogens with one attached hydrogen (secondary N) is 1. The number of hydrogen-bond donors (Lipinski definition) is 3. The van der Waals surface area contributed by atoms with Crippen molar-refractivity contribution in [3.8, 4) is 11.5 Å². The lowest BCUT2D eigenvalue weighted by molar-refractivity contribution is 0.104. The number of hydrogen-bond acceptors (Lipinski definition) is 6. The van der Waals surface area contributed by atoms with Crippen LogP contribution < -0.4 is 15.8 Å². The first-order valence-corrected chi connectivity index (χ1v) is 8.46. The summed E-state index contributed by atoms with van der Waals surface area (Å²) in [6.07, 6.45) is 5.19. The molecule has 1 saturated carbocycles. The van der Waals surface area contributed by atoms with E-state index in [0.717, 1.165) is 25.7 Å². The second-order valence-electron chi connectivity index (χ2n) is 6.06. The van der Waals surface area contributed by atoms with Crippen molar-refractivity contribution in [1.29, 1.82) is 0 Å². The van der Waals surface area contributed by atoms with Crippen molar-refractivity contribution in [3.63, 3.8) is 0 Å². The first-order chi connectivity index (χ1) is 11.6. The highest BCUT2D eigenvalue weighted by molar-refractivity contribution is 6.30. The van der Waals surface area contributed by atoms with Gasteiger partial charge in [0.1, 0.15) is 5.75 Å². The lowest BCUT2D eigenvalue weighted by Crippen LogP contribution is -2.25. The van der Waals surface area contributed by atoms with Crippen LogP contribution >= 0.6 is 11.6 Å². The molecule has 0 unspecified atom stereocenters. The van der Waals surface area contributed by atoms with Crippen LogP contribution in [0, 0.1) is 5.92 Å². The fraction of sp³-hybridized carbons (Fsp3) is 0.412. The Kier molecular flexibility index (Phi) is 5.37. The smallest absolute Gasteiger partial charge is 0.222 e. The highest BCUT2D eigenvalue weighted by Gasteiger charge is 2.20. The molecule has 128 valence electrons. The zero-order valence-electron chi connectivity index (χ0n) is 13.3. The molecule has 0 bridgehead atoms. The topological polar surface area (TPSA) is 93.3 Å². The summed E-state index contributed by atoms with van der Waals surface area (Å²) in [4.78, 5) is 8.23. The first kappa shape index (κ1) is 16.8. The van der Waals surface area contributed by atoms with E-state index in [0.29, 0.717) is 34.8 Å². The maximum atomic E-state index is 9.78. The van der Waals surface area contributed by atoms with Gasteiger partial charge in [-0.15, -0.1) is 0 Å². The molecule has 1 aliphatic carbocycles. The molecule has 24 heavy (non-hydrogen) atoms. The monoisotopic (exact) mass is 348 g/mol. The van der Waals surface area contributed by atoms with Crippen LogP contribution in [-0.4, -0.2) is 27.7 Å². The Balaban J connectivity index is 1.69. The fourth-order valence-corrected chi connectivity index (χ4v) is 3.03. The zero-order chi connectivity index (χ0) is 16.9. The molecular formula is C17H21ClN4O2. The summed E-state index contributed by atoms with van der Waals surface area (Å²) < 4.78 is 5.83. The minimum Gasteiger partial charge on any atom is -0.452 e. The number of aliphatic hydroxyl groups excluding tert-OH is 1. The molecule has 1 fully saturated rings. The van der Waals surface area contributed by atoms with Crippen molar-refractivity contribution in [2.24, 2.45) is 5.92 Å². The van der Waals surface area contributed by atoms with Crippen LogP contribution in [-0.2, 0) is 0 Å². The van der Waals surface area contributed by atoms with Crippen molar-refractivity contribution in [2.45, 2.75) is 31.8 Å². The van der Waals surface area contributed by atoms with Gasteiger partial charge in [0.05, 0.1) is 12.3 Å². The summed E-state index contributed by atoms with van der Waals surface area (Å²) in [5.74, 6) is 2.29. The molecule has 4 N–H and O–H groups in total. The standard InChI is InChI=1S/C17H21ClN4O2/c18-12-4-6-14(7-5-12)24-15-10-21-17(19)22-16(15)20-9-11-2-1-3-13(23)8-11/h4-7,10-11,13,23H,1-3,8-9H2,(H3,19,20,21,22)/t11-,13+/m1/s1. The Morgan fingerprint density at radius 2 is 2.08 bits per heavy atom. The molecule has 2 atom stereocenters. The van der Waals surface area contributed by atoms with E-state index in [1.807, 2.05) is 0 Å².